The van der Waals surface area contributed by atoms with Gasteiger partial charge < -0.3 is 0 Å². The Morgan fingerprint density at radius 3 is 2.06 bits per heavy atom. The largest absolute Gasteiger partial charge is 0.277 e. The number of halogens is 1. The van der Waals surface area contributed by atoms with Gasteiger partial charge in [0.2, 0.25) is 0 Å². The number of para-hydroxylation sites is 1. The Kier molecular flexibility index (Phi) is 3.53. The van der Waals surface area contributed by atoms with Crippen LogP contribution in [0.25, 0.3) is 0 Å². The van der Waals surface area contributed by atoms with Gasteiger partial charge in [-0.25, -0.2) is 4.90 Å². The van der Waals surface area contributed by atoms with E-state index in [9.17, 15) is 9.59 Å². The standard InChI is InChI=1S/C14H14ClNO2/c1-3-9-6-5-7-10(4-2)13(9)16-12(17)8-11(15)14(16)18/h5-8H,3-4H2,1-2H3. The summed E-state index contributed by atoms with van der Waals surface area (Å²) in [4.78, 5) is 25.0. The topological polar surface area (TPSA) is 37.4 Å². The van der Waals surface area contributed by atoms with Gasteiger partial charge in [-0.1, -0.05) is 43.6 Å². The molecule has 1 aliphatic rings. The van der Waals surface area contributed by atoms with E-state index in [2.05, 4.69) is 0 Å². The molecule has 1 heterocycles. The van der Waals surface area contributed by atoms with Crippen LogP contribution in [-0.4, -0.2) is 11.8 Å². The second-order valence-electron chi connectivity index (χ2n) is 4.10. The number of amides is 2. The molecule has 0 atom stereocenters. The number of nitrogens with zero attached hydrogens (tertiary/aromatic N) is 1. The van der Waals surface area contributed by atoms with Crippen molar-refractivity contribution in [3.8, 4) is 0 Å². The van der Waals surface area contributed by atoms with Crippen LogP contribution >= 0.6 is 11.6 Å². The zero-order chi connectivity index (χ0) is 13.3. The van der Waals surface area contributed by atoms with E-state index in [1.165, 1.54) is 11.0 Å². The van der Waals surface area contributed by atoms with Crippen molar-refractivity contribution in [2.24, 2.45) is 0 Å². The lowest BCUT2D eigenvalue weighted by molar-refractivity contribution is -0.120. The van der Waals surface area contributed by atoms with E-state index in [0.29, 0.717) is 5.69 Å². The van der Waals surface area contributed by atoms with Crippen molar-refractivity contribution in [3.63, 3.8) is 0 Å². The molecule has 0 bridgehead atoms. The maximum atomic E-state index is 12.0. The summed E-state index contributed by atoms with van der Waals surface area (Å²) in [6.45, 7) is 4.00. The van der Waals surface area contributed by atoms with Crippen LogP contribution in [0, 0.1) is 0 Å². The molecular formula is C14H14ClNO2. The molecule has 0 aromatic heterocycles. The van der Waals surface area contributed by atoms with Crippen LogP contribution in [-0.2, 0) is 22.4 Å². The van der Waals surface area contributed by atoms with Crippen LogP contribution in [0.2, 0.25) is 0 Å². The van der Waals surface area contributed by atoms with E-state index < -0.39 is 5.91 Å². The van der Waals surface area contributed by atoms with Crippen molar-refractivity contribution >= 4 is 29.1 Å². The number of hydrogen-bond acceptors (Lipinski definition) is 2. The zero-order valence-electron chi connectivity index (χ0n) is 10.4. The van der Waals surface area contributed by atoms with Crippen molar-refractivity contribution in [2.45, 2.75) is 26.7 Å². The van der Waals surface area contributed by atoms with E-state index in [-0.39, 0.29) is 10.9 Å². The normalized spacial score (nSPS) is 15.3. The van der Waals surface area contributed by atoms with E-state index in [0.717, 1.165) is 24.0 Å². The third kappa shape index (κ3) is 1.95. The quantitative estimate of drug-likeness (QED) is 0.787. The Labute approximate surface area is 111 Å². The lowest BCUT2D eigenvalue weighted by Gasteiger charge is -2.21. The van der Waals surface area contributed by atoms with Crippen LogP contribution in [0.1, 0.15) is 25.0 Å². The van der Waals surface area contributed by atoms with E-state index in [4.69, 9.17) is 11.6 Å². The lowest BCUT2D eigenvalue weighted by atomic mass is 10.0. The van der Waals surface area contributed by atoms with Crippen molar-refractivity contribution < 1.29 is 9.59 Å². The zero-order valence-corrected chi connectivity index (χ0v) is 11.1. The van der Waals surface area contributed by atoms with Gasteiger partial charge in [0.15, 0.2) is 0 Å². The van der Waals surface area contributed by atoms with Gasteiger partial charge in [-0.05, 0) is 24.0 Å². The Bertz CT molecular complexity index is 526. The minimum absolute atomic E-state index is 0.0204. The Balaban J connectivity index is 2.58. The minimum atomic E-state index is -0.433. The first-order chi connectivity index (χ1) is 8.60. The highest BCUT2D eigenvalue weighted by molar-refractivity contribution is 6.51. The fourth-order valence-electron chi connectivity index (χ4n) is 2.16. The Morgan fingerprint density at radius 1 is 1.11 bits per heavy atom. The molecule has 0 unspecified atom stereocenters. The molecule has 1 aliphatic heterocycles. The summed E-state index contributed by atoms with van der Waals surface area (Å²) in [5.41, 5.74) is 2.66. The second-order valence-corrected chi connectivity index (χ2v) is 4.51. The Hall–Kier alpha value is -1.61. The molecule has 0 saturated carbocycles. The molecule has 0 spiro atoms. The van der Waals surface area contributed by atoms with Gasteiger partial charge in [-0.2, -0.15) is 0 Å². The fraction of sp³-hybridized carbons (Fsp3) is 0.286. The molecule has 0 radical (unpaired) electrons. The highest BCUT2D eigenvalue weighted by Crippen LogP contribution is 2.31. The average Bonchev–Trinajstić information content (AvgIpc) is 2.62. The van der Waals surface area contributed by atoms with Crippen molar-refractivity contribution in [3.05, 3.63) is 40.4 Å². The molecule has 2 rings (SSSR count). The molecule has 94 valence electrons. The molecule has 18 heavy (non-hydrogen) atoms. The van der Waals surface area contributed by atoms with Gasteiger partial charge in [0.05, 0.1) is 5.69 Å². The van der Waals surface area contributed by atoms with Crippen LogP contribution in [0.3, 0.4) is 0 Å². The minimum Gasteiger partial charge on any atom is -0.269 e. The number of aryl methyl sites for hydroxylation is 2. The smallest absolute Gasteiger partial charge is 0.269 e. The molecule has 1 aromatic rings. The predicted octanol–water partition coefficient (Wildman–Crippen LogP) is 2.81. The lowest BCUT2D eigenvalue weighted by Crippen LogP contribution is -2.32. The number of anilines is 1. The summed E-state index contributed by atoms with van der Waals surface area (Å²) in [6, 6.07) is 5.81. The SMILES string of the molecule is CCc1cccc(CC)c1N1C(=O)C=C(Cl)C1=O. The molecule has 0 fully saturated rings. The number of carbonyl (C=O) groups excluding carboxylic acids is 2. The van der Waals surface area contributed by atoms with Gasteiger partial charge in [0.1, 0.15) is 5.03 Å². The summed E-state index contributed by atoms with van der Waals surface area (Å²) in [5.74, 6) is -0.794. The van der Waals surface area contributed by atoms with Crippen LogP contribution < -0.4 is 4.90 Å². The molecule has 0 saturated heterocycles. The number of hydrogen-bond donors (Lipinski definition) is 0. The average molecular weight is 264 g/mol. The maximum absolute atomic E-state index is 12.0. The summed E-state index contributed by atoms with van der Waals surface area (Å²) in [5, 5.41) is -0.0204. The first kappa shape index (κ1) is 12.8. The van der Waals surface area contributed by atoms with E-state index in [1.807, 2.05) is 32.0 Å². The number of carbonyl (C=O) groups is 2. The molecular weight excluding hydrogens is 250 g/mol. The molecule has 4 heteroatoms. The van der Waals surface area contributed by atoms with Crippen molar-refractivity contribution in [1.29, 1.82) is 0 Å². The third-order valence-electron chi connectivity index (χ3n) is 3.07. The summed E-state index contributed by atoms with van der Waals surface area (Å²) < 4.78 is 0. The Morgan fingerprint density at radius 2 is 1.67 bits per heavy atom. The second kappa shape index (κ2) is 4.94. The van der Waals surface area contributed by atoms with Gasteiger partial charge >= 0.3 is 0 Å². The monoisotopic (exact) mass is 263 g/mol. The van der Waals surface area contributed by atoms with Crippen LogP contribution in [0.4, 0.5) is 5.69 Å². The van der Waals surface area contributed by atoms with E-state index >= 15 is 0 Å². The van der Waals surface area contributed by atoms with Crippen LogP contribution in [0.5, 0.6) is 0 Å². The maximum Gasteiger partial charge on any atom is 0.277 e. The highest BCUT2D eigenvalue weighted by Gasteiger charge is 2.33. The van der Waals surface area contributed by atoms with Gasteiger partial charge in [-0.15, -0.1) is 0 Å². The van der Waals surface area contributed by atoms with Crippen molar-refractivity contribution in [2.75, 3.05) is 4.90 Å². The number of imide groups is 1. The summed E-state index contributed by atoms with van der Waals surface area (Å²) in [7, 11) is 0. The number of benzene rings is 1. The van der Waals surface area contributed by atoms with Crippen molar-refractivity contribution in [1.82, 2.24) is 0 Å². The molecule has 0 N–H and O–H groups in total. The fourth-order valence-corrected chi connectivity index (χ4v) is 2.33. The van der Waals surface area contributed by atoms with Gasteiger partial charge in [0, 0.05) is 6.08 Å². The summed E-state index contributed by atoms with van der Waals surface area (Å²) in [6.07, 6.45) is 2.70. The molecule has 0 aliphatic carbocycles. The summed E-state index contributed by atoms with van der Waals surface area (Å²) >= 11 is 5.74. The van der Waals surface area contributed by atoms with Gasteiger partial charge in [-0.3, -0.25) is 9.59 Å². The van der Waals surface area contributed by atoms with Gasteiger partial charge in [0.25, 0.3) is 11.8 Å². The third-order valence-corrected chi connectivity index (χ3v) is 3.34. The molecule has 1 aromatic carbocycles. The predicted molar refractivity (Wildman–Crippen MR) is 71.6 cm³/mol. The highest BCUT2D eigenvalue weighted by atomic mass is 35.5. The van der Waals surface area contributed by atoms with Crippen LogP contribution in [0.15, 0.2) is 29.3 Å². The first-order valence-electron chi connectivity index (χ1n) is 5.96. The molecule has 3 nitrogen and oxygen atoms in total. The van der Waals surface area contributed by atoms with E-state index in [1.54, 1.807) is 0 Å². The molecule has 2 amide bonds. The number of rotatable bonds is 3. The first-order valence-corrected chi connectivity index (χ1v) is 6.34.